The third-order valence-corrected chi connectivity index (χ3v) is 2.86. The molecule has 5 heteroatoms. The van der Waals surface area contributed by atoms with E-state index in [2.05, 4.69) is 9.68 Å². The van der Waals surface area contributed by atoms with Crippen molar-refractivity contribution in [1.29, 1.82) is 0 Å². The minimum atomic E-state index is -0.0522. The van der Waals surface area contributed by atoms with Crippen LogP contribution in [0.2, 0.25) is 0 Å². The second kappa shape index (κ2) is 4.44. The van der Waals surface area contributed by atoms with E-state index >= 15 is 0 Å². The summed E-state index contributed by atoms with van der Waals surface area (Å²) in [6, 6.07) is 1.58. The quantitative estimate of drug-likeness (QED) is 0.454. The van der Waals surface area contributed by atoms with Crippen LogP contribution in [0.3, 0.4) is 0 Å². The molecular formula is C10H15N3O2. The van der Waals surface area contributed by atoms with Crippen molar-refractivity contribution in [1.82, 2.24) is 5.16 Å². The van der Waals surface area contributed by atoms with Crippen molar-refractivity contribution in [3.05, 3.63) is 12.3 Å². The molecule has 0 atom stereocenters. The molecule has 1 aromatic heterocycles. The van der Waals surface area contributed by atoms with Crippen LogP contribution in [0.15, 0.2) is 16.9 Å². The summed E-state index contributed by atoms with van der Waals surface area (Å²) in [6.07, 6.45) is 6.72. The molecule has 0 unspecified atom stereocenters. The van der Waals surface area contributed by atoms with E-state index in [1.807, 2.05) is 0 Å². The fraction of sp³-hybridized carbons (Fsp3) is 0.600. The van der Waals surface area contributed by atoms with Gasteiger partial charge in [-0.15, -0.1) is 0 Å². The SMILES string of the molecule is NN(C(=O)C1CCCCC1)c1ccon1. The van der Waals surface area contributed by atoms with E-state index in [-0.39, 0.29) is 11.8 Å². The van der Waals surface area contributed by atoms with Crippen molar-refractivity contribution in [2.24, 2.45) is 11.8 Å². The second-order valence-corrected chi connectivity index (χ2v) is 3.90. The average molecular weight is 209 g/mol. The van der Waals surface area contributed by atoms with E-state index in [0.29, 0.717) is 5.82 Å². The predicted octanol–water partition coefficient (Wildman–Crippen LogP) is 1.46. The number of amides is 1. The molecule has 0 aliphatic heterocycles. The fourth-order valence-corrected chi connectivity index (χ4v) is 1.99. The summed E-state index contributed by atoms with van der Waals surface area (Å²) in [6.45, 7) is 0. The zero-order valence-electron chi connectivity index (χ0n) is 8.56. The number of nitrogens with zero attached hydrogens (tertiary/aromatic N) is 2. The van der Waals surface area contributed by atoms with Gasteiger partial charge in [-0.05, 0) is 12.8 Å². The van der Waals surface area contributed by atoms with Crippen molar-refractivity contribution in [2.45, 2.75) is 32.1 Å². The Bertz CT molecular complexity index is 317. The Balaban J connectivity index is 2.00. The maximum Gasteiger partial charge on any atom is 0.245 e. The van der Waals surface area contributed by atoms with Crippen LogP contribution in [0.5, 0.6) is 0 Å². The van der Waals surface area contributed by atoms with Gasteiger partial charge in [0.25, 0.3) is 0 Å². The summed E-state index contributed by atoms with van der Waals surface area (Å²) in [5, 5.41) is 4.73. The van der Waals surface area contributed by atoms with Crippen LogP contribution in [0, 0.1) is 5.92 Å². The van der Waals surface area contributed by atoms with Gasteiger partial charge >= 0.3 is 0 Å². The van der Waals surface area contributed by atoms with Gasteiger partial charge in [0.05, 0.1) is 0 Å². The highest BCUT2D eigenvalue weighted by Gasteiger charge is 2.26. The number of rotatable bonds is 2. The topological polar surface area (TPSA) is 72.4 Å². The molecule has 0 saturated heterocycles. The molecule has 1 saturated carbocycles. The van der Waals surface area contributed by atoms with Crippen molar-refractivity contribution in [3.63, 3.8) is 0 Å². The number of carbonyl (C=O) groups is 1. The summed E-state index contributed by atoms with van der Waals surface area (Å²) < 4.78 is 4.65. The first-order valence-corrected chi connectivity index (χ1v) is 5.28. The molecule has 1 heterocycles. The summed E-state index contributed by atoms with van der Waals surface area (Å²) in [5.74, 6) is 6.06. The lowest BCUT2D eigenvalue weighted by atomic mass is 9.88. The first-order valence-electron chi connectivity index (χ1n) is 5.28. The van der Waals surface area contributed by atoms with Gasteiger partial charge in [0, 0.05) is 12.0 Å². The van der Waals surface area contributed by atoms with Crippen LogP contribution >= 0.6 is 0 Å². The Kier molecular flexibility index (Phi) is 3.01. The number of anilines is 1. The molecule has 1 fully saturated rings. The first kappa shape index (κ1) is 10.2. The summed E-state index contributed by atoms with van der Waals surface area (Å²) in [5.41, 5.74) is 0. The number of hydrogen-bond acceptors (Lipinski definition) is 4. The average Bonchev–Trinajstić information content (AvgIpc) is 2.82. The number of hydrazine groups is 1. The maximum absolute atomic E-state index is 11.9. The minimum Gasteiger partial charge on any atom is -0.363 e. The van der Waals surface area contributed by atoms with Gasteiger partial charge in [-0.2, -0.15) is 0 Å². The molecule has 0 spiro atoms. The van der Waals surface area contributed by atoms with Crippen LogP contribution in [0.25, 0.3) is 0 Å². The number of carbonyl (C=O) groups excluding carboxylic acids is 1. The molecule has 1 aliphatic carbocycles. The summed E-state index contributed by atoms with van der Waals surface area (Å²) in [4.78, 5) is 11.9. The highest BCUT2D eigenvalue weighted by Crippen LogP contribution is 2.25. The number of nitrogens with two attached hydrogens (primary N) is 1. The first-order chi connectivity index (χ1) is 7.29. The van der Waals surface area contributed by atoms with E-state index in [0.717, 1.165) is 30.7 Å². The number of hydrogen-bond donors (Lipinski definition) is 1. The van der Waals surface area contributed by atoms with Gasteiger partial charge in [0.1, 0.15) is 6.26 Å². The molecule has 0 radical (unpaired) electrons. The molecule has 5 nitrogen and oxygen atoms in total. The minimum absolute atomic E-state index is 0.0522. The van der Waals surface area contributed by atoms with Crippen LogP contribution in [0.4, 0.5) is 5.82 Å². The van der Waals surface area contributed by atoms with Crippen LogP contribution in [-0.2, 0) is 4.79 Å². The lowest BCUT2D eigenvalue weighted by Crippen LogP contribution is -2.42. The molecule has 0 bridgehead atoms. The lowest BCUT2D eigenvalue weighted by molar-refractivity contribution is -0.123. The summed E-state index contributed by atoms with van der Waals surface area (Å²) in [7, 11) is 0. The van der Waals surface area contributed by atoms with Gasteiger partial charge in [-0.3, -0.25) is 4.79 Å². The molecule has 0 aromatic carbocycles. The highest BCUT2D eigenvalue weighted by molar-refractivity contribution is 5.92. The molecule has 1 aliphatic rings. The molecule has 1 aromatic rings. The van der Waals surface area contributed by atoms with E-state index in [9.17, 15) is 4.79 Å². The van der Waals surface area contributed by atoms with Crippen molar-refractivity contribution in [2.75, 3.05) is 5.01 Å². The highest BCUT2D eigenvalue weighted by atomic mass is 16.5. The van der Waals surface area contributed by atoms with E-state index < -0.39 is 0 Å². The van der Waals surface area contributed by atoms with Gasteiger partial charge in [-0.25, -0.2) is 10.9 Å². The molecule has 82 valence electrons. The van der Waals surface area contributed by atoms with Crippen molar-refractivity contribution >= 4 is 11.7 Å². The van der Waals surface area contributed by atoms with Crippen LogP contribution in [-0.4, -0.2) is 11.1 Å². The third kappa shape index (κ3) is 2.18. The van der Waals surface area contributed by atoms with E-state index in [4.69, 9.17) is 5.84 Å². The van der Waals surface area contributed by atoms with Crippen LogP contribution < -0.4 is 10.9 Å². The smallest absolute Gasteiger partial charge is 0.245 e. The van der Waals surface area contributed by atoms with Crippen molar-refractivity contribution < 1.29 is 9.32 Å². The van der Waals surface area contributed by atoms with Gasteiger partial charge in [0.2, 0.25) is 5.91 Å². The number of aromatic nitrogens is 1. The predicted molar refractivity (Wildman–Crippen MR) is 54.8 cm³/mol. The Morgan fingerprint density at radius 3 is 2.80 bits per heavy atom. The molecular weight excluding hydrogens is 194 g/mol. The standard InChI is InChI=1S/C10H15N3O2/c11-13(9-6-7-15-12-9)10(14)8-4-2-1-3-5-8/h6-8H,1-5,11H2. The van der Waals surface area contributed by atoms with Gasteiger partial charge in [-0.1, -0.05) is 24.4 Å². The monoisotopic (exact) mass is 209 g/mol. The largest absolute Gasteiger partial charge is 0.363 e. The fourth-order valence-electron chi connectivity index (χ4n) is 1.99. The normalized spacial score (nSPS) is 17.7. The Hall–Kier alpha value is -1.36. The molecule has 15 heavy (non-hydrogen) atoms. The van der Waals surface area contributed by atoms with Gasteiger partial charge < -0.3 is 4.52 Å². The maximum atomic E-state index is 11.9. The Labute approximate surface area is 88.2 Å². The summed E-state index contributed by atoms with van der Waals surface area (Å²) >= 11 is 0. The molecule has 1 amide bonds. The van der Waals surface area contributed by atoms with Crippen molar-refractivity contribution in [3.8, 4) is 0 Å². The van der Waals surface area contributed by atoms with E-state index in [1.54, 1.807) is 6.07 Å². The zero-order valence-corrected chi connectivity index (χ0v) is 8.56. The Morgan fingerprint density at radius 2 is 2.20 bits per heavy atom. The third-order valence-electron chi connectivity index (χ3n) is 2.86. The molecule has 2 N–H and O–H groups in total. The second-order valence-electron chi connectivity index (χ2n) is 3.90. The lowest BCUT2D eigenvalue weighted by Gasteiger charge is -2.24. The Morgan fingerprint density at radius 1 is 1.47 bits per heavy atom. The molecule has 2 rings (SSSR count). The van der Waals surface area contributed by atoms with Crippen LogP contribution in [0.1, 0.15) is 32.1 Å². The zero-order chi connectivity index (χ0) is 10.7. The van der Waals surface area contributed by atoms with Gasteiger partial charge in [0.15, 0.2) is 5.82 Å². The van der Waals surface area contributed by atoms with E-state index in [1.165, 1.54) is 12.7 Å².